The molecule has 1 aromatic heterocycles. The second-order valence-electron chi connectivity index (χ2n) is 3.53. The Morgan fingerprint density at radius 1 is 1.54 bits per heavy atom. The Balaban J connectivity index is 2.07. The monoisotopic (exact) mass is 181 g/mol. The molecule has 0 aliphatic carbocycles. The number of nitrogens with one attached hydrogen (secondary N) is 1. The van der Waals surface area contributed by atoms with Crippen molar-refractivity contribution in [2.45, 2.75) is 12.3 Å². The van der Waals surface area contributed by atoms with Gasteiger partial charge in [0.25, 0.3) is 0 Å². The molecular formula is C10H15NO2. The Hall–Kier alpha value is -0.800. The van der Waals surface area contributed by atoms with Gasteiger partial charge in [-0.2, -0.15) is 0 Å². The summed E-state index contributed by atoms with van der Waals surface area (Å²) in [6.07, 6.45) is 1.72. The maximum atomic E-state index is 5.42. The van der Waals surface area contributed by atoms with Crippen LogP contribution in [0.4, 0.5) is 0 Å². The van der Waals surface area contributed by atoms with Crippen molar-refractivity contribution in [3.8, 4) is 0 Å². The quantitative estimate of drug-likeness (QED) is 0.756. The van der Waals surface area contributed by atoms with E-state index in [0.29, 0.717) is 0 Å². The molecular weight excluding hydrogens is 166 g/mol. The molecule has 0 amide bonds. The van der Waals surface area contributed by atoms with E-state index < -0.39 is 0 Å². The van der Waals surface area contributed by atoms with Crippen LogP contribution in [-0.2, 0) is 10.2 Å². The Labute approximate surface area is 78.1 Å². The zero-order chi connectivity index (χ0) is 9.15. The minimum absolute atomic E-state index is 0.0967. The van der Waals surface area contributed by atoms with Crippen LogP contribution in [-0.4, -0.2) is 26.3 Å². The fourth-order valence-electron chi connectivity index (χ4n) is 1.62. The van der Waals surface area contributed by atoms with E-state index in [1.165, 1.54) is 0 Å². The maximum Gasteiger partial charge on any atom is 0.115 e. The highest BCUT2D eigenvalue weighted by atomic mass is 16.5. The summed E-state index contributed by atoms with van der Waals surface area (Å²) < 4.78 is 10.7. The summed E-state index contributed by atoms with van der Waals surface area (Å²) in [5.74, 6) is 1.04. The van der Waals surface area contributed by atoms with Crippen LogP contribution in [0, 0.1) is 0 Å². The van der Waals surface area contributed by atoms with Crippen LogP contribution >= 0.6 is 0 Å². The van der Waals surface area contributed by atoms with Crippen molar-refractivity contribution in [1.29, 1.82) is 0 Å². The lowest BCUT2D eigenvalue weighted by Gasteiger charge is -2.39. The van der Waals surface area contributed by atoms with Gasteiger partial charge in [-0.05, 0) is 18.7 Å². The van der Waals surface area contributed by atoms with Gasteiger partial charge in [0.15, 0.2) is 0 Å². The molecule has 0 saturated carbocycles. The van der Waals surface area contributed by atoms with Crippen molar-refractivity contribution in [3.05, 3.63) is 24.2 Å². The molecule has 1 aliphatic heterocycles. The third-order valence-electron chi connectivity index (χ3n) is 2.51. The molecule has 0 bridgehead atoms. The summed E-state index contributed by atoms with van der Waals surface area (Å²) in [6.45, 7) is 5.58. The molecule has 72 valence electrons. The molecule has 3 heteroatoms. The van der Waals surface area contributed by atoms with Gasteiger partial charge < -0.3 is 14.5 Å². The number of ether oxygens (including phenoxy) is 1. The van der Waals surface area contributed by atoms with Crippen molar-refractivity contribution >= 4 is 0 Å². The van der Waals surface area contributed by atoms with Gasteiger partial charge in [-0.1, -0.05) is 6.92 Å². The molecule has 0 radical (unpaired) electrons. The predicted molar refractivity (Wildman–Crippen MR) is 49.7 cm³/mol. The van der Waals surface area contributed by atoms with Crippen LogP contribution in [0.3, 0.4) is 0 Å². The molecule has 1 saturated heterocycles. The highest BCUT2D eigenvalue weighted by Gasteiger charge is 2.42. The number of rotatable bonds is 4. The lowest BCUT2D eigenvalue weighted by atomic mass is 9.83. The number of likely N-dealkylation sites (N-methyl/N-ethyl adjacent to an activating group) is 1. The first-order chi connectivity index (χ1) is 6.37. The summed E-state index contributed by atoms with van der Waals surface area (Å²) in [5.41, 5.74) is 0.0967. The van der Waals surface area contributed by atoms with Crippen molar-refractivity contribution < 1.29 is 9.15 Å². The smallest absolute Gasteiger partial charge is 0.115 e. The second kappa shape index (κ2) is 3.52. The molecule has 1 aliphatic rings. The largest absolute Gasteiger partial charge is 0.469 e. The van der Waals surface area contributed by atoms with E-state index in [-0.39, 0.29) is 5.41 Å². The second-order valence-corrected chi connectivity index (χ2v) is 3.53. The van der Waals surface area contributed by atoms with Gasteiger partial charge >= 0.3 is 0 Å². The fraction of sp³-hybridized carbons (Fsp3) is 0.600. The van der Waals surface area contributed by atoms with Crippen molar-refractivity contribution in [2.24, 2.45) is 0 Å². The van der Waals surface area contributed by atoms with Crippen LogP contribution in [0.15, 0.2) is 22.8 Å². The summed E-state index contributed by atoms with van der Waals surface area (Å²) in [4.78, 5) is 0. The molecule has 1 fully saturated rings. The van der Waals surface area contributed by atoms with E-state index in [0.717, 1.165) is 32.1 Å². The van der Waals surface area contributed by atoms with Crippen molar-refractivity contribution in [3.63, 3.8) is 0 Å². The van der Waals surface area contributed by atoms with Gasteiger partial charge in [0, 0.05) is 6.54 Å². The zero-order valence-corrected chi connectivity index (χ0v) is 7.88. The van der Waals surface area contributed by atoms with Crippen LogP contribution < -0.4 is 5.32 Å². The van der Waals surface area contributed by atoms with E-state index in [2.05, 4.69) is 12.2 Å². The third-order valence-corrected chi connectivity index (χ3v) is 2.51. The van der Waals surface area contributed by atoms with Crippen LogP contribution in [0.1, 0.15) is 12.7 Å². The third kappa shape index (κ3) is 1.49. The minimum Gasteiger partial charge on any atom is -0.469 e. The molecule has 0 atom stereocenters. The normalized spacial score (nSPS) is 19.8. The number of furan rings is 1. The zero-order valence-electron chi connectivity index (χ0n) is 7.88. The van der Waals surface area contributed by atoms with E-state index in [1.807, 2.05) is 12.1 Å². The SMILES string of the molecule is CCNCC1(c2ccco2)COC1. The van der Waals surface area contributed by atoms with Gasteiger partial charge in [-0.25, -0.2) is 0 Å². The van der Waals surface area contributed by atoms with Crippen LogP contribution in [0.25, 0.3) is 0 Å². The molecule has 0 aromatic carbocycles. The molecule has 13 heavy (non-hydrogen) atoms. The average molecular weight is 181 g/mol. The van der Waals surface area contributed by atoms with Gasteiger partial charge in [0.1, 0.15) is 5.76 Å². The van der Waals surface area contributed by atoms with E-state index >= 15 is 0 Å². The minimum atomic E-state index is 0.0967. The van der Waals surface area contributed by atoms with E-state index in [4.69, 9.17) is 9.15 Å². The Kier molecular flexibility index (Phi) is 2.38. The number of hydrogen-bond acceptors (Lipinski definition) is 3. The molecule has 0 spiro atoms. The summed E-state index contributed by atoms with van der Waals surface area (Å²) in [6, 6.07) is 3.96. The van der Waals surface area contributed by atoms with Crippen molar-refractivity contribution in [1.82, 2.24) is 5.32 Å². The van der Waals surface area contributed by atoms with Gasteiger partial charge in [0.05, 0.1) is 24.9 Å². The Bertz CT molecular complexity index is 252. The Morgan fingerprint density at radius 2 is 2.38 bits per heavy atom. The van der Waals surface area contributed by atoms with Crippen molar-refractivity contribution in [2.75, 3.05) is 26.3 Å². The van der Waals surface area contributed by atoms with E-state index in [1.54, 1.807) is 6.26 Å². The lowest BCUT2D eigenvalue weighted by molar-refractivity contribution is -0.0686. The molecule has 0 unspecified atom stereocenters. The first kappa shape index (κ1) is 8.78. The molecule has 3 nitrogen and oxygen atoms in total. The van der Waals surface area contributed by atoms with E-state index in [9.17, 15) is 0 Å². The molecule has 1 N–H and O–H groups in total. The van der Waals surface area contributed by atoms with Gasteiger partial charge in [0.2, 0.25) is 0 Å². The first-order valence-corrected chi connectivity index (χ1v) is 4.70. The first-order valence-electron chi connectivity index (χ1n) is 4.70. The van der Waals surface area contributed by atoms with Crippen LogP contribution in [0.5, 0.6) is 0 Å². The maximum absolute atomic E-state index is 5.42. The Morgan fingerprint density at radius 3 is 2.85 bits per heavy atom. The molecule has 1 aromatic rings. The summed E-state index contributed by atoms with van der Waals surface area (Å²) in [7, 11) is 0. The fourth-order valence-corrected chi connectivity index (χ4v) is 1.62. The standard InChI is InChI=1S/C10H15NO2/c1-2-11-6-10(7-12-8-10)9-4-3-5-13-9/h3-5,11H,2,6-8H2,1H3. The molecule has 2 heterocycles. The summed E-state index contributed by atoms with van der Waals surface area (Å²) in [5, 5.41) is 3.34. The van der Waals surface area contributed by atoms with Crippen LogP contribution in [0.2, 0.25) is 0 Å². The highest BCUT2D eigenvalue weighted by Crippen LogP contribution is 2.31. The average Bonchev–Trinajstić information content (AvgIpc) is 2.56. The number of hydrogen-bond donors (Lipinski definition) is 1. The highest BCUT2D eigenvalue weighted by molar-refractivity contribution is 5.18. The lowest BCUT2D eigenvalue weighted by Crippen LogP contribution is -2.53. The summed E-state index contributed by atoms with van der Waals surface area (Å²) >= 11 is 0. The van der Waals surface area contributed by atoms with Gasteiger partial charge in [-0.15, -0.1) is 0 Å². The predicted octanol–water partition coefficient (Wildman–Crippen LogP) is 1.16. The van der Waals surface area contributed by atoms with Gasteiger partial charge in [-0.3, -0.25) is 0 Å². The molecule has 2 rings (SSSR count). The topological polar surface area (TPSA) is 34.4 Å².